The predicted octanol–water partition coefficient (Wildman–Crippen LogP) is 5.96. The van der Waals surface area contributed by atoms with Crippen LogP contribution in [0.2, 0.25) is 10.0 Å². The van der Waals surface area contributed by atoms with E-state index in [1.807, 2.05) is 42.5 Å². The van der Waals surface area contributed by atoms with Gasteiger partial charge in [-0.1, -0.05) is 59.6 Å². The fraction of sp³-hybridized carbons (Fsp3) is 0. The van der Waals surface area contributed by atoms with E-state index in [1.165, 1.54) is 6.08 Å². The summed E-state index contributed by atoms with van der Waals surface area (Å²) in [7, 11) is 0. The third kappa shape index (κ3) is 3.73. The maximum Gasteiger partial charge on any atom is 0.187 e. The zero-order valence-electron chi connectivity index (χ0n) is 12.1. The zero-order valence-corrected chi connectivity index (χ0v) is 13.6. The fourth-order valence-electron chi connectivity index (χ4n) is 2.25. The summed E-state index contributed by atoms with van der Waals surface area (Å²) >= 11 is 11.9. The Morgan fingerprint density at radius 3 is 2.48 bits per heavy atom. The number of carbonyl (C=O) groups excluding carboxylic acids is 1. The van der Waals surface area contributed by atoms with Crippen molar-refractivity contribution < 1.29 is 4.79 Å². The molecule has 2 nitrogen and oxygen atoms in total. The molecule has 3 rings (SSSR count). The molecule has 0 aliphatic carbocycles. The Kier molecular flexibility index (Phi) is 4.65. The number of nitrogens with one attached hydrogen (secondary N) is 1. The molecule has 3 aromatic carbocycles. The third-order valence-corrected chi connectivity index (χ3v) is 3.99. The molecule has 0 unspecified atom stereocenters. The molecule has 0 radical (unpaired) electrons. The van der Waals surface area contributed by atoms with Crippen molar-refractivity contribution in [1.29, 1.82) is 0 Å². The molecule has 0 fully saturated rings. The number of halogens is 2. The highest BCUT2D eigenvalue weighted by Gasteiger charge is 2.03. The van der Waals surface area contributed by atoms with E-state index in [2.05, 4.69) is 5.32 Å². The van der Waals surface area contributed by atoms with Gasteiger partial charge in [-0.25, -0.2) is 0 Å². The van der Waals surface area contributed by atoms with Gasteiger partial charge in [0.2, 0.25) is 0 Å². The summed E-state index contributed by atoms with van der Waals surface area (Å²) in [4.78, 5) is 12.2. The largest absolute Gasteiger partial charge is 0.360 e. The predicted molar refractivity (Wildman–Crippen MR) is 97.5 cm³/mol. The summed E-state index contributed by atoms with van der Waals surface area (Å²) in [6.45, 7) is 0. The van der Waals surface area contributed by atoms with Gasteiger partial charge in [-0.15, -0.1) is 0 Å². The van der Waals surface area contributed by atoms with Gasteiger partial charge in [-0.05, 0) is 35.0 Å². The zero-order chi connectivity index (χ0) is 16.2. The Balaban J connectivity index is 1.74. The average molecular weight is 342 g/mol. The Morgan fingerprint density at radius 1 is 0.913 bits per heavy atom. The van der Waals surface area contributed by atoms with Crippen LogP contribution in [-0.4, -0.2) is 5.78 Å². The molecule has 0 atom stereocenters. The smallest absolute Gasteiger partial charge is 0.187 e. The molecule has 23 heavy (non-hydrogen) atoms. The standard InChI is InChI=1S/C19H13Cl2NO/c20-16-7-8-18(17(21)12-16)22-10-9-19(23)15-6-5-13-3-1-2-4-14(13)11-15/h1-12,22H/b10-9-. The molecule has 0 aromatic heterocycles. The highest BCUT2D eigenvalue weighted by molar-refractivity contribution is 6.36. The summed E-state index contributed by atoms with van der Waals surface area (Å²) in [5.41, 5.74) is 1.34. The van der Waals surface area contributed by atoms with Gasteiger partial charge in [0, 0.05) is 22.9 Å². The van der Waals surface area contributed by atoms with Crippen molar-refractivity contribution in [3.05, 3.63) is 88.5 Å². The molecular weight excluding hydrogens is 329 g/mol. The lowest BCUT2D eigenvalue weighted by Gasteiger charge is -2.04. The van der Waals surface area contributed by atoms with Gasteiger partial charge in [0.05, 0.1) is 10.7 Å². The van der Waals surface area contributed by atoms with Crippen molar-refractivity contribution in [2.45, 2.75) is 0 Å². The number of rotatable bonds is 4. The van der Waals surface area contributed by atoms with Gasteiger partial charge in [0.1, 0.15) is 0 Å². The first kappa shape index (κ1) is 15.6. The molecule has 114 valence electrons. The summed E-state index contributed by atoms with van der Waals surface area (Å²) in [6.07, 6.45) is 3.06. The molecule has 0 spiro atoms. The van der Waals surface area contributed by atoms with E-state index in [0.29, 0.717) is 21.3 Å². The molecular formula is C19H13Cl2NO. The Labute approximate surface area is 144 Å². The number of fused-ring (bicyclic) bond motifs is 1. The Morgan fingerprint density at radius 2 is 1.70 bits per heavy atom. The van der Waals surface area contributed by atoms with Crippen molar-refractivity contribution in [1.82, 2.24) is 0 Å². The normalized spacial score (nSPS) is 11.0. The lowest BCUT2D eigenvalue weighted by molar-refractivity contribution is 0.104. The minimum Gasteiger partial charge on any atom is -0.360 e. The minimum absolute atomic E-state index is 0.0756. The van der Waals surface area contributed by atoms with Crippen molar-refractivity contribution in [3.8, 4) is 0 Å². The SMILES string of the molecule is O=C(/C=C\Nc1ccc(Cl)cc1Cl)c1ccc2ccccc2c1. The Bertz CT molecular complexity index is 903. The highest BCUT2D eigenvalue weighted by Crippen LogP contribution is 2.25. The van der Waals surface area contributed by atoms with Crippen LogP contribution in [0.5, 0.6) is 0 Å². The van der Waals surface area contributed by atoms with Crippen LogP contribution < -0.4 is 5.32 Å². The summed E-state index contributed by atoms with van der Waals surface area (Å²) in [6, 6.07) is 18.7. The van der Waals surface area contributed by atoms with E-state index in [1.54, 1.807) is 24.4 Å². The highest BCUT2D eigenvalue weighted by atomic mass is 35.5. The topological polar surface area (TPSA) is 29.1 Å². The molecule has 0 saturated heterocycles. The van der Waals surface area contributed by atoms with Crippen LogP contribution in [0.15, 0.2) is 72.9 Å². The summed E-state index contributed by atoms with van der Waals surface area (Å²) in [5, 5.41) is 6.21. The van der Waals surface area contributed by atoms with E-state index in [-0.39, 0.29) is 5.78 Å². The van der Waals surface area contributed by atoms with Crippen molar-refractivity contribution >= 4 is 45.4 Å². The fourth-order valence-corrected chi connectivity index (χ4v) is 2.72. The van der Waals surface area contributed by atoms with Crippen LogP contribution in [0.3, 0.4) is 0 Å². The van der Waals surface area contributed by atoms with E-state index < -0.39 is 0 Å². The second-order valence-corrected chi connectivity index (χ2v) is 5.87. The number of hydrogen-bond donors (Lipinski definition) is 1. The lowest BCUT2D eigenvalue weighted by atomic mass is 10.0. The van der Waals surface area contributed by atoms with E-state index in [9.17, 15) is 4.79 Å². The number of anilines is 1. The van der Waals surface area contributed by atoms with E-state index >= 15 is 0 Å². The molecule has 0 aliphatic rings. The second kappa shape index (κ2) is 6.86. The second-order valence-electron chi connectivity index (χ2n) is 5.03. The molecule has 0 heterocycles. The van der Waals surface area contributed by atoms with Crippen molar-refractivity contribution in [2.75, 3.05) is 5.32 Å². The van der Waals surface area contributed by atoms with Crippen LogP contribution >= 0.6 is 23.2 Å². The molecule has 0 saturated carbocycles. The van der Waals surface area contributed by atoms with Gasteiger partial charge in [0.15, 0.2) is 5.78 Å². The van der Waals surface area contributed by atoms with Crippen LogP contribution in [0.1, 0.15) is 10.4 Å². The van der Waals surface area contributed by atoms with Crippen LogP contribution in [-0.2, 0) is 0 Å². The molecule has 0 aliphatic heterocycles. The molecule has 3 aromatic rings. The number of benzene rings is 3. The number of ketones is 1. The van der Waals surface area contributed by atoms with Crippen LogP contribution in [0.25, 0.3) is 10.8 Å². The van der Waals surface area contributed by atoms with E-state index in [0.717, 1.165) is 10.8 Å². The van der Waals surface area contributed by atoms with Crippen LogP contribution in [0, 0.1) is 0 Å². The quantitative estimate of drug-likeness (QED) is 0.468. The van der Waals surface area contributed by atoms with Crippen LogP contribution in [0.4, 0.5) is 5.69 Å². The number of carbonyl (C=O) groups is 1. The molecule has 0 amide bonds. The third-order valence-electron chi connectivity index (χ3n) is 3.44. The first-order chi connectivity index (χ1) is 11.1. The molecule has 4 heteroatoms. The first-order valence-corrected chi connectivity index (χ1v) is 7.80. The van der Waals surface area contributed by atoms with E-state index in [4.69, 9.17) is 23.2 Å². The van der Waals surface area contributed by atoms with Crippen molar-refractivity contribution in [3.63, 3.8) is 0 Å². The lowest BCUT2D eigenvalue weighted by Crippen LogP contribution is -1.96. The van der Waals surface area contributed by atoms with Gasteiger partial charge in [0.25, 0.3) is 0 Å². The Hall–Kier alpha value is -2.29. The summed E-state index contributed by atoms with van der Waals surface area (Å²) in [5.74, 6) is -0.0756. The van der Waals surface area contributed by atoms with Crippen molar-refractivity contribution in [2.24, 2.45) is 0 Å². The maximum absolute atomic E-state index is 12.2. The van der Waals surface area contributed by atoms with Gasteiger partial charge >= 0.3 is 0 Å². The minimum atomic E-state index is -0.0756. The molecule has 1 N–H and O–H groups in total. The van der Waals surface area contributed by atoms with Gasteiger partial charge < -0.3 is 5.32 Å². The monoisotopic (exact) mass is 341 g/mol. The first-order valence-electron chi connectivity index (χ1n) is 7.05. The summed E-state index contributed by atoms with van der Waals surface area (Å²) < 4.78 is 0. The average Bonchev–Trinajstić information content (AvgIpc) is 2.56. The number of hydrogen-bond acceptors (Lipinski definition) is 2. The number of allylic oxidation sites excluding steroid dienone is 1. The maximum atomic E-state index is 12.2. The van der Waals surface area contributed by atoms with Gasteiger partial charge in [-0.3, -0.25) is 4.79 Å². The van der Waals surface area contributed by atoms with Gasteiger partial charge in [-0.2, -0.15) is 0 Å². The molecule has 0 bridgehead atoms.